The zero-order valence-electron chi connectivity index (χ0n) is 16.5. The first kappa shape index (κ1) is 20.2. The van der Waals surface area contributed by atoms with Crippen molar-refractivity contribution in [2.45, 2.75) is 25.4 Å². The molecule has 1 aromatic heterocycles. The quantitative estimate of drug-likeness (QED) is 0.617. The monoisotopic (exact) mass is 407 g/mol. The number of carbonyl (C=O) groups is 1. The molecule has 1 aliphatic rings. The third-order valence-electron chi connectivity index (χ3n) is 5.48. The topological polar surface area (TPSA) is 36.4 Å². The molecule has 0 atom stereocenters. The number of rotatable bonds is 5. The first-order valence-corrected chi connectivity index (χ1v) is 10.1. The van der Waals surface area contributed by atoms with Crippen molar-refractivity contribution < 1.29 is 13.6 Å². The van der Waals surface area contributed by atoms with Crippen molar-refractivity contribution in [1.82, 2.24) is 9.88 Å². The van der Waals surface area contributed by atoms with Gasteiger partial charge in [-0.25, -0.2) is 8.78 Å². The number of hydrogen-bond acceptors (Lipinski definition) is 3. The van der Waals surface area contributed by atoms with E-state index < -0.39 is 11.7 Å². The van der Waals surface area contributed by atoms with Gasteiger partial charge in [0.1, 0.15) is 11.6 Å². The number of pyridine rings is 1. The number of aromatic nitrogens is 1. The maximum Gasteiger partial charge on any atom is 0.261 e. The van der Waals surface area contributed by atoms with Crippen LogP contribution in [0.15, 0.2) is 73.1 Å². The number of benzene rings is 2. The zero-order valence-corrected chi connectivity index (χ0v) is 16.5. The number of nitrogens with zero attached hydrogens (tertiary/aromatic N) is 3. The Hall–Kier alpha value is -3.12. The van der Waals surface area contributed by atoms with E-state index in [0.29, 0.717) is 5.69 Å². The van der Waals surface area contributed by atoms with Crippen molar-refractivity contribution in [2.24, 2.45) is 0 Å². The highest BCUT2D eigenvalue weighted by atomic mass is 19.1. The van der Waals surface area contributed by atoms with Crippen LogP contribution in [-0.4, -0.2) is 34.9 Å². The molecule has 0 radical (unpaired) electrons. The van der Waals surface area contributed by atoms with Crippen LogP contribution in [-0.2, 0) is 6.54 Å². The highest BCUT2D eigenvalue weighted by molar-refractivity contribution is 6.06. The van der Waals surface area contributed by atoms with E-state index in [2.05, 4.69) is 9.88 Å². The Bertz CT molecular complexity index is 987. The second kappa shape index (κ2) is 9.13. The van der Waals surface area contributed by atoms with Gasteiger partial charge in [-0.3, -0.25) is 14.7 Å². The van der Waals surface area contributed by atoms with Gasteiger partial charge in [-0.1, -0.05) is 18.2 Å². The van der Waals surface area contributed by atoms with E-state index in [0.717, 1.165) is 38.0 Å². The molecule has 0 aliphatic carbocycles. The minimum Gasteiger partial charge on any atom is -0.305 e. The number of halogens is 2. The molecule has 0 bridgehead atoms. The predicted octanol–water partition coefficient (Wildman–Crippen LogP) is 4.67. The van der Waals surface area contributed by atoms with E-state index >= 15 is 0 Å². The Morgan fingerprint density at radius 1 is 1.00 bits per heavy atom. The molecule has 1 saturated heterocycles. The molecule has 154 valence electrons. The van der Waals surface area contributed by atoms with Gasteiger partial charge in [-0.15, -0.1) is 0 Å². The summed E-state index contributed by atoms with van der Waals surface area (Å²) in [4.78, 5) is 21.4. The first-order valence-electron chi connectivity index (χ1n) is 10.1. The number of amides is 1. The molecule has 0 N–H and O–H groups in total. The van der Waals surface area contributed by atoms with Gasteiger partial charge in [-0.05, 0) is 60.9 Å². The van der Waals surface area contributed by atoms with Gasteiger partial charge in [0.2, 0.25) is 0 Å². The molecule has 4 rings (SSSR count). The first-order chi connectivity index (χ1) is 14.6. The van der Waals surface area contributed by atoms with E-state index in [1.165, 1.54) is 24.3 Å². The van der Waals surface area contributed by atoms with Crippen LogP contribution in [0, 0.1) is 11.6 Å². The molecule has 6 heteroatoms. The van der Waals surface area contributed by atoms with Gasteiger partial charge in [0.25, 0.3) is 5.91 Å². The maximum atomic E-state index is 14.3. The van der Waals surface area contributed by atoms with Crippen LogP contribution >= 0.6 is 0 Å². The lowest BCUT2D eigenvalue weighted by molar-refractivity contribution is 0.0954. The van der Waals surface area contributed by atoms with E-state index in [4.69, 9.17) is 0 Å². The maximum absolute atomic E-state index is 14.3. The van der Waals surface area contributed by atoms with Gasteiger partial charge in [0.05, 0.1) is 5.56 Å². The third kappa shape index (κ3) is 4.54. The van der Waals surface area contributed by atoms with Crippen LogP contribution in [0.5, 0.6) is 0 Å². The van der Waals surface area contributed by atoms with Gasteiger partial charge in [0.15, 0.2) is 0 Å². The largest absolute Gasteiger partial charge is 0.305 e. The summed E-state index contributed by atoms with van der Waals surface area (Å²) in [5, 5.41) is 0. The molecular weight excluding hydrogens is 384 g/mol. The fourth-order valence-corrected chi connectivity index (χ4v) is 3.95. The number of piperidine rings is 1. The summed E-state index contributed by atoms with van der Waals surface area (Å²) in [7, 11) is 0. The standard InChI is InChI=1S/C24H23F2N3O/c25-19-7-9-20(10-8-19)29(24(30)22-5-1-2-6-23(22)26)21-11-14-28(15-12-21)17-18-4-3-13-27-16-18/h1-10,13,16,21H,11-12,14-15,17H2. The molecule has 30 heavy (non-hydrogen) atoms. The molecule has 1 amide bonds. The second-order valence-corrected chi connectivity index (χ2v) is 7.50. The Kier molecular flexibility index (Phi) is 6.14. The van der Waals surface area contributed by atoms with Crippen molar-refractivity contribution in [1.29, 1.82) is 0 Å². The molecule has 0 saturated carbocycles. The van der Waals surface area contributed by atoms with Gasteiger partial charge >= 0.3 is 0 Å². The van der Waals surface area contributed by atoms with E-state index in [-0.39, 0.29) is 17.4 Å². The van der Waals surface area contributed by atoms with Crippen LogP contribution in [0.2, 0.25) is 0 Å². The lowest BCUT2D eigenvalue weighted by Crippen LogP contribution is -2.47. The molecule has 1 aliphatic heterocycles. The summed E-state index contributed by atoms with van der Waals surface area (Å²) in [6.07, 6.45) is 5.11. The highest BCUT2D eigenvalue weighted by Crippen LogP contribution is 2.27. The Labute approximate surface area is 174 Å². The minimum atomic E-state index is -0.552. The molecule has 4 nitrogen and oxygen atoms in total. The van der Waals surface area contributed by atoms with Crippen LogP contribution < -0.4 is 4.90 Å². The van der Waals surface area contributed by atoms with Crippen LogP contribution in [0.25, 0.3) is 0 Å². The van der Waals surface area contributed by atoms with Gasteiger partial charge in [0, 0.05) is 43.8 Å². The molecule has 0 spiro atoms. The van der Waals surface area contributed by atoms with E-state index in [9.17, 15) is 13.6 Å². The SMILES string of the molecule is O=C(c1ccccc1F)N(c1ccc(F)cc1)C1CCN(Cc2cccnc2)CC1. The lowest BCUT2D eigenvalue weighted by atomic mass is 10.00. The highest BCUT2D eigenvalue weighted by Gasteiger charge is 2.31. The zero-order chi connectivity index (χ0) is 20.9. The Morgan fingerprint density at radius 2 is 1.73 bits per heavy atom. The van der Waals surface area contributed by atoms with Crippen LogP contribution in [0.3, 0.4) is 0 Å². The average Bonchev–Trinajstić information content (AvgIpc) is 2.77. The Balaban J connectivity index is 1.54. The summed E-state index contributed by atoms with van der Waals surface area (Å²) in [5.74, 6) is -1.32. The molecular formula is C24H23F2N3O. The van der Waals surface area contributed by atoms with Crippen molar-refractivity contribution in [2.75, 3.05) is 18.0 Å². The molecule has 3 aromatic rings. The summed E-state index contributed by atoms with van der Waals surface area (Å²) in [6.45, 7) is 2.42. The second-order valence-electron chi connectivity index (χ2n) is 7.50. The predicted molar refractivity (Wildman–Crippen MR) is 112 cm³/mol. The van der Waals surface area contributed by atoms with Crippen LogP contribution in [0.1, 0.15) is 28.8 Å². The molecule has 2 aromatic carbocycles. The normalized spacial score (nSPS) is 15.1. The average molecular weight is 407 g/mol. The third-order valence-corrected chi connectivity index (χ3v) is 5.48. The van der Waals surface area contributed by atoms with Crippen LogP contribution in [0.4, 0.5) is 14.5 Å². The summed E-state index contributed by atoms with van der Waals surface area (Å²) < 4.78 is 27.8. The van der Waals surface area contributed by atoms with Crippen molar-refractivity contribution in [3.05, 3.63) is 95.8 Å². The smallest absolute Gasteiger partial charge is 0.261 e. The van der Waals surface area contributed by atoms with Crippen molar-refractivity contribution >= 4 is 11.6 Å². The minimum absolute atomic E-state index is 0.0274. The molecule has 1 fully saturated rings. The summed E-state index contributed by atoms with van der Waals surface area (Å²) in [6, 6.07) is 15.7. The van der Waals surface area contributed by atoms with Crippen molar-refractivity contribution in [3.8, 4) is 0 Å². The summed E-state index contributed by atoms with van der Waals surface area (Å²) in [5.41, 5.74) is 1.75. The van der Waals surface area contributed by atoms with Gasteiger partial charge in [-0.2, -0.15) is 0 Å². The number of hydrogen-bond donors (Lipinski definition) is 0. The Morgan fingerprint density at radius 3 is 2.40 bits per heavy atom. The number of likely N-dealkylation sites (tertiary alicyclic amines) is 1. The van der Waals surface area contributed by atoms with Gasteiger partial charge < -0.3 is 4.90 Å². The fourth-order valence-electron chi connectivity index (χ4n) is 3.95. The lowest BCUT2D eigenvalue weighted by Gasteiger charge is -2.38. The van der Waals surface area contributed by atoms with Crippen molar-refractivity contribution in [3.63, 3.8) is 0 Å². The number of anilines is 1. The molecule has 0 unspecified atom stereocenters. The fraction of sp³-hybridized carbons (Fsp3) is 0.250. The number of carbonyl (C=O) groups excluding carboxylic acids is 1. The molecule has 2 heterocycles. The van der Waals surface area contributed by atoms with E-state index in [1.807, 2.05) is 18.3 Å². The van der Waals surface area contributed by atoms with E-state index in [1.54, 1.807) is 35.4 Å². The summed E-state index contributed by atoms with van der Waals surface area (Å²) >= 11 is 0.